The number of alkyl halides is 2. The van der Waals surface area contributed by atoms with Gasteiger partial charge < -0.3 is 0 Å². The summed E-state index contributed by atoms with van der Waals surface area (Å²) >= 11 is 0. The van der Waals surface area contributed by atoms with Gasteiger partial charge in [0.15, 0.2) is 11.8 Å². The van der Waals surface area contributed by atoms with E-state index in [1.165, 1.54) is 30.0 Å². The Bertz CT molecular complexity index is 830. The summed E-state index contributed by atoms with van der Waals surface area (Å²) < 4.78 is 31.2. The number of rotatable bonds is 9. The third-order valence-electron chi connectivity index (χ3n) is 5.84. The maximum atomic E-state index is 16.3. The third kappa shape index (κ3) is 4.86. The van der Waals surface area contributed by atoms with Gasteiger partial charge in [-0.1, -0.05) is 93.8 Å². The molecular weight excluding hydrogens is 362 g/mol. The molecule has 2 unspecified atom stereocenters. The molecule has 1 aliphatic rings. The largest absolute Gasteiger partial charge is 0.239 e. The van der Waals surface area contributed by atoms with E-state index in [0.717, 1.165) is 37.7 Å². The zero-order chi connectivity index (χ0) is 20.7. The zero-order valence-electron chi connectivity index (χ0n) is 17.6. The molecule has 0 aromatic heterocycles. The molecule has 29 heavy (non-hydrogen) atoms. The summed E-state index contributed by atoms with van der Waals surface area (Å²) in [5.74, 6) is 0. The highest BCUT2D eigenvalue weighted by Gasteiger charge is 2.45. The number of halogens is 2. The SMILES string of the molecule is CCCCCc1ccc(C2=CC=CC(F)C2(F)c2ccc(CCCC)cc2)cc1. The maximum Gasteiger partial charge on any atom is 0.196 e. The van der Waals surface area contributed by atoms with Crippen molar-refractivity contribution in [2.24, 2.45) is 0 Å². The summed E-state index contributed by atoms with van der Waals surface area (Å²) in [6, 6.07) is 15.3. The van der Waals surface area contributed by atoms with E-state index in [4.69, 9.17) is 0 Å². The lowest BCUT2D eigenvalue weighted by atomic mass is 9.77. The predicted octanol–water partition coefficient (Wildman–Crippen LogP) is 7.92. The summed E-state index contributed by atoms with van der Waals surface area (Å²) in [5, 5.41) is 0. The van der Waals surface area contributed by atoms with Crippen LogP contribution < -0.4 is 0 Å². The lowest BCUT2D eigenvalue weighted by Gasteiger charge is -2.33. The fourth-order valence-electron chi connectivity index (χ4n) is 4.00. The van der Waals surface area contributed by atoms with Gasteiger partial charge in [0.1, 0.15) is 0 Å². The summed E-state index contributed by atoms with van der Waals surface area (Å²) in [4.78, 5) is 0. The van der Waals surface area contributed by atoms with E-state index in [2.05, 4.69) is 13.8 Å². The number of benzene rings is 2. The Morgan fingerprint density at radius 2 is 1.38 bits per heavy atom. The van der Waals surface area contributed by atoms with E-state index in [9.17, 15) is 4.39 Å². The van der Waals surface area contributed by atoms with E-state index >= 15 is 4.39 Å². The Morgan fingerprint density at radius 3 is 2.00 bits per heavy atom. The first-order chi connectivity index (χ1) is 14.1. The molecule has 0 fully saturated rings. The van der Waals surface area contributed by atoms with Crippen molar-refractivity contribution in [1.29, 1.82) is 0 Å². The molecule has 0 N–H and O–H groups in total. The van der Waals surface area contributed by atoms with Crippen LogP contribution in [0.25, 0.3) is 5.57 Å². The van der Waals surface area contributed by atoms with Crippen molar-refractivity contribution in [1.82, 2.24) is 0 Å². The van der Waals surface area contributed by atoms with Crippen molar-refractivity contribution in [3.05, 3.63) is 89.0 Å². The molecule has 2 aromatic rings. The molecule has 3 rings (SSSR count). The standard InChI is InChI=1S/C27H32F2/c1-3-5-7-10-22-13-17-23(18-14-22)25-11-8-12-26(28)27(25,29)24-19-15-21(16-20-24)9-6-4-2/h8,11-20,26H,3-7,9-10H2,1-2H3. The summed E-state index contributed by atoms with van der Waals surface area (Å²) in [7, 11) is 0. The molecule has 154 valence electrons. The third-order valence-corrected chi connectivity index (χ3v) is 5.84. The summed E-state index contributed by atoms with van der Waals surface area (Å²) in [5.41, 5.74) is 1.77. The van der Waals surface area contributed by atoms with Gasteiger partial charge in [-0.05, 0) is 54.0 Å². The van der Waals surface area contributed by atoms with E-state index < -0.39 is 11.8 Å². The fraction of sp³-hybridized carbons (Fsp3) is 0.407. The number of aryl methyl sites for hydroxylation is 2. The van der Waals surface area contributed by atoms with Gasteiger partial charge in [-0.2, -0.15) is 0 Å². The minimum atomic E-state index is -2.16. The second-order valence-electron chi connectivity index (χ2n) is 8.03. The number of hydrogen-bond donors (Lipinski definition) is 0. The van der Waals surface area contributed by atoms with Crippen molar-refractivity contribution >= 4 is 5.57 Å². The van der Waals surface area contributed by atoms with E-state index in [1.54, 1.807) is 24.3 Å². The van der Waals surface area contributed by atoms with E-state index in [-0.39, 0.29) is 0 Å². The van der Waals surface area contributed by atoms with Crippen LogP contribution in [0.4, 0.5) is 8.78 Å². The molecular formula is C27H32F2. The highest BCUT2D eigenvalue weighted by molar-refractivity contribution is 5.77. The Morgan fingerprint density at radius 1 is 0.793 bits per heavy atom. The van der Waals surface area contributed by atoms with Crippen LogP contribution >= 0.6 is 0 Å². The van der Waals surface area contributed by atoms with Crippen LogP contribution in [0.2, 0.25) is 0 Å². The van der Waals surface area contributed by atoms with Crippen LogP contribution in [0.5, 0.6) is 0 Å². The molecule has 0 bridgehead atoms. The minimum Gasteiger partial charge on any atom is -0.239 e. The van der Waals surface area contributed by atoms with Crippen molar-refractivity contribution in [3.8, 4) is 0 Å². The second kappa shape index (κ2) is 10.0. The topological polar surface area (TPSA) is 0 Å². The summed E-state index contributed by atoms with van der Waals surface area (Å²) in [6.45, 7) is 4.34. The molecule has 0 radical (unpaired) electrons. The predicted molar refractivity (Wildman–Crippen MR) is 120 cm³/mol. The molecule has 0 heterocycles. The van der Waals surface area contributed by atoms with Crippen LogP contribution in [0.15, 0.2) is 66.8 Å². The van der Waals surface area contributed by atoms with Gasteiger partial charge in [-0.3, -0.25) is 0 Å². The Labute approximate surface area is 174 Å². The van der Waals surface area contributed by atoms with Crippen LogP contribution in [-0.4, -0.2) is 6.17 Å². The van der Waals surface area contributed by atoms with E-state index in [0.29, 0.717) is 11.1 Å². The van der Waals surface area contributed by atoms with Crippen LogP contribution in [0.1, 0.15) is 68.2 Å². The molecule has 0 amide bonds. The monoisotopic (exact) mass is 394 g/mol. The minimum absolute atomic E-state index is 0.382. The Hall–Kier alpha value is -2.22. The maximum absolute atomic E-state index is 16.3. The molecule has 1 aliphatic carbocycles. The molecule has 0 nitrogen and oxygen atoms in total. The van der Waals surface area contributed by atoms with Crippen LogP contribution in [0, 0.1) is 0 Å². The average Bonchev–Trinajstić information content (AvgIpc) is 2.75. The average molecular weight is 395 g/mol. The first-order valence-electron chi connectivity index (χ1n) is 11.0. The molecule has 0 spiro atoms. The molecule has 0 saturated carbocycles. The number of hydrogen-bond acceptors (Lipinski definition) is 0. The van der Waals surface area contributed by atoms with Gasteiger partial charge in [0.05, 0.1) is 0 Å². The van der Waals surface area contributed by atoms with Gasteiger partial charge in [-0.25, -0.2) is 8.78 Å². The van der Waals surface area contributed by atoms with Gasteiger partial charge >= 0.3 is 0 Å². The highest BCUT2D eigenvalue weighted by atomic mass is 19.2. The number of allylic oxidation sites excluding steroid dienone is 4. The lowest BCUT2D eigenvalue weighted by Crippen LogP contribution is -2.34. The van der Waals surface area contributed by atoms with Crippen LogP contribution in [0.3, 0.4) is 0 Å². The molecule has 0 saturated heterocycles. The molecule has 2 atom stereocenters. The van der Waals surface area contributed by atoms with Crippen molar-refractivity contribution in [3.63, 3.8) is 0 Å². The van der Waals surface area contributed by atoms with E-state index in [1.807, 2.05) is 36.4 Å². The van der Waals surface area contributed by atoms with Crippen molar-refractivity contribution in [2.45, 2.75) is 70.6 Å². The smallest absolute Gasteiger partial charge is 0.196 e. The number of unbranched alkanes of at least 4 members (excludes halogenated alkanes) is 3. The van der Waals surface area contributed by atoms with Crippen molar-refractivity contribution < 1.29 is 8.78 Å². The lowest BCUT2D eigenvalue weighted by molar-refractivity contribution is 0.135. The fourth-order valence-corrected chi connectivity index (χ4v) is 4.00. The highest BCUT2D eigenvalue weighted by Crippen LogP contribution is 2.46. The molecule has 2 heteroatoms. The first-order valence-corrected chi connectivity index (χ1v) is 11.0. The van der Waals surface area contributed by atoms with Gasteiger partial charge in [0.2, 0.25) is 0 Å². The van der Waals surface area contributed by atoms with Crippen molar-refractivity contribution in [2.75, 3.05) is 0 Å². The Kier molecular flexibility index (Phi) is 7.41. The molecule has 2 aromatic carbocycles. The second-order valence-corrected chi connectivity index (χ2v) is 8.03. The Balaban J connectivity index is 1.86. The quantitative estimate of drug-likeness (QED) is 0.379. The molecule has 0 aliphatic heterocycles. The van der Waals surface area contributed by atoms with Gasteiger partial charge in [0.25, 0.3) is 0 Å². The zero-order valence-corrected chi connectivity index (χ0v) is 17.6. The summed E-state index contributed by atoms with van der Waals surface area (Å²) in [6.07, 6.45) is 10.7. The van der Waals surface area contributed by atoms with Crippen LogP contribution in [-0.2, 0) is 18.5 Å². The van der Waals surface area contributed by atoms with Gasteiger partial charge in [-0.15, -0.1) is 0 Å². The van der Waals surface area contributed by atoms with Gasteiger partial charge in [0, 0.05) is 5.57 Å². The first kappa shape index (κ1) is 21.5. The normalized spacial score (nSPS) is 21.2.